The molecular formula is C31H43N6O7S+. The lowest BCUT2D eigenvalue weighted by Crippen LogP contribution is -2.73. The number of quaternary nitrogens is 1. The maximum absolute atomic E-state index is 12.8. The van der Waals surface area contributed by atoms with Crippen LogP contribution < -0.4 is 20.7 Å². The number of nitrogens with one attached hydrogen (secondary N) is 3. The molecule has 1 fully saturated rings. The summed E-state index contributed by atoms with van der Waals surface area (Å²) < 4.78 is 41.1. The van der Waals surface area contributed by atoms with E-state index in [-0.39, 0.29) is 21.9 Å². The van der Waals surface area contributed by atoms with Crippen molar-refractivity contribution in [2.45, 2.75) is 83.9 Å². The second kappa shape index (κ2) is 12.1. The van der Waals surface area contributed by atoms with Gasteiger partial charge >= 0.3 is 16.1 Å². The fourth-order valence-electron chi connectivity index (χ4n) is 5.49. The molecule has 0 atom stereocenters. The second-order valence-electron chi connectivity index (χ2n) is 13.8. The Morgan fingerprint density at radius 1 is 0.956 bits per heavy atom. The van der Waals surface area contributed by atoms with Crippen LogP contribution >= 0.6 is 0 Å². The molecule has 3 heterocycles. The van der Waals surface area contributed by atoms with Crippen molar-refractivity contribution < 1.29 is 36.2 Å². The van der Waals surface area contributed by atoms with E-state index in [2.05, 4.69) is 26.1 Å². The minimum Gasteiger partial charge on any atom is -0.488 e. The number of likely N-dealkylation sites (tertiary alicyclic amines) is 1. The molecule has 1 saturated heterocycles. The van der Waals surface area contributed by atoms with Crippen molar-refractivity contribution in [1.82, 2.24) is 10.1 Å². The van der Waals surface area contributed by atoms with Gasteiger partial charge in [0.05, 0.1) is 12.5 Å². The number of piperidine rings is 1. The number of amides is 3. The van der Waals surface area contributed by atoms with Crippen molar-refractivity contribution in [3.8, 4) is 5.75 Å². The third-order valence-electron chi connectivity index (χ3n) is 8.21. The van der Waals surface area contributed by atoms with Crippen LogP contribution in [-0.2, 0) is 19.8 Å². The Labute approximate surface area is 264 Å². The number of hydroxylamine groups is 3. The highest BCUT2D eigenvalue weighted by Gasteiger charge is 2.61. The van der Waals surface area contributed by atoms with Gasteiger partial charge in [-0.15, -0.1) is 0 Å². The van der Waals surface area contributed by atoms with E-state index in [4.69, 9.17) is 13.5 Å². The monoisotopic (exact) mass is 643 g/mol. The van der Waals surface area contributed by atoms with Gasteiger partial charge in [0, 0.05) is 35.7 Å². The molecule has 0 spiro atoms. The highest BCUT2D eigenvalue weighted by molar-refractivity contribution is 7.85. The van der Waals surface area contributed by atoms with E-state index in [0.717, 1.165) is 6.26 Å². The molecule has 1 aromatic carbocycles. The summed E-state index contributed by atoms with van der Waals surface area (Å²) in [5.41, 5.74) is -0.164. The summed E-state index contributed by atoms with van der Waals surface area (Å²) in [5, 5.41) is 12.0. The molecule has 14 heteroatoms. The Kier molecular flexibility index (Phi) is 9.08. The summed E-state index contributed by atoms with van der Waals surface area (Å²) in [6.45, 7) is 13.8. The average molecular weight is 644 g/mol. The largest absolute Gasteiger partial charge is 0.488 e. The molecule has 3 N–H and O–H groups in total. The van der Waals surface area contributed by atoms with E-state index >= 15 is 0 Å². The van der Waals surface area contributed by atoms with Gasteiger partial charge in [-0.1, -0.05) is 30.2 Å². The molecule has 3 aromatic rings. The quantitative estimate of drug-likeness (QED) is 0.262. The van der Waals surface area contributed by atoms with Crippen LogP contribution in [0.15, 0.2) is 53.2 Å². The molecule has 0 radical (unpaired) electrons. The van der Waals surface area contributed by atoms with Gasteiger partial charge in [0.1, 0.15) is 41.4 Å². The van der Waals surface area contributed by atoms with Gasteiger partial charge in [-0.3, -0.25) is 10.1 Å². The molecule has 0 unspecified atom stereocenters. The Morgan fingerprint density at radius 2 is 1.53 bits per heavy atom. The summed E-state index contributed by atoms with van der Waals surface area (Å²) in [4.78, 5) is 29.5. The van der Waals surface area contributed by atoms with Crippen molar-refractivity contribution >= 4 is 39.2 Å². The van der Waals surface area contributed by atoms with Gasteiger partial charge in [0.15, 0.2) is 5.82 Å². The van der Waals surface area contributed by atoms with E-state index in [9.17, 15) is 18.0 Å². The minimum atomic E-state index is -3.70. The van der Waals surface area contributed by atoms with Gasteiger partial charge in [-0.25, -0.2) is 9.78 Å². The molecule has 2 aromatic heterocycles. The summed E-state index contributed by atoms with van der Waals surface area (Å²) in [6, 6.07) is 11.1. The van der Waals surface area contributed by atoms with Gasteiger partial charge in [-0.2, -0.15) is 13.1 Å². The zero-order valence-corrected chi connectivity index (χ0v) is 28.0. The molecular weight excluding hydrogens is 600 g/mol. The fourth-order valence-corrected chi connectivity index (χ4v) is 6.43. The van der Waals surface area contributed by atoms with Crippen molar-refractivity contribution in [3.05, 3.63) is 60.1 Å². The van der Waals surface area contributed by atoms with Crippen molar-refractivity contribution in [3.63, 3.8) is 0 Å². The zero-order chi connectivity index (χ0) is 33.4. The predicted molar refractivity (Wildman–Crippen MR) is 170 cm³/mol. The summed E-state index contributed by atoms with van der Waals surface area (Å²) in [7, 11) is -1.91. The third-order valence-corrected chi connectivity index (χ3v) is 8.78. The van der Waals surface area contributed by atoms with Crippen molar-refractivity contribution in [1.29, 1.82) is 0 Å². The summed E-state index contributed by atoms with van der Waals surface area (Å²) in [6.07, 6.45) is 3.41. The number of urea groups is 1. The number of anilines is 3. The van der Waals surface area contributed by atoms with Crippen LogP contribution in [0.1, 0.15) is 77.6 Å². The smallest absolute Gasteiger partial charge is 0.324 e. The molecule has 0 aliphatic carbocycles. The lowest BCUT2D eigenvalue weighted by atomic mass is 9.78. The standard InChI is InChI=1S/C31H42N6O7S/c1-29(2,3)25-16-26(36-43-25)35-28(39)34-21-12-10-20(11-13-21)33-27(38)24-15-14-22(19-32-24)42-23-17-30(4,5)37(8,31(6,7)18-23)44-45(9,40)41/h10-16,19,23H,17-18H2,1-9H3,(H2-,32,33,34,35,36,38,39)/p+1. The zero-order valence-electron chi connectivity index (χ0n) is 27.2. The summed E-state index contributed by atoms with van der Waals surface area (Å²) in [5.74, 6) is 1.04. The number of carbonyl (C=O) groups is 2. The molecule has 1 aliphatic rings. The number of aromatic nitrogens is 2. The fraction of sp³-hybridized carbons (Fsp3) is 0.484. The number of hydrogen-bond acceptors (Lipinski definition) is 9. The molecule has 13 nitrogen and oxygen atoms in total. The molecule has 0 bridgehead atoms. The number of pyridine rings is 1. The normalized spacial score (nSPS) is 21.0. The first-order valence-electron chi connectivity index (χ1n) is 14.5. The van der Waals surface area contributed by atoms with Gasteiger partial charge in [-0.05, 0) is 64.1 Å². The van der Waals surface area contributed by atoms with E-state index in [1.807, 2.05) is 48.5 Å². The van der Waals surface area contributed by atoms with Crippen molar-refractivity contribution in [2.75, 3.05) is 29.3 Å². The van der Waals surface area contributed by atoms with Crippen LogP contribution in [0.4, 0.5) is 22.0 Å². The number of benzene rings is 1. The maximum Gasteiger partial charge on any atom is 0.324 e. The average Bonchev–Trinajstić information content (AvgIpc) is 3.37. The Hall–Kier alpha value is -4.01. The molecule has 244 valence electrons. The minimum absolute atomic E-state index is 0.110. The Balaban J connectivity index is 1.32. The highest BCUT2D eigenvalue weighted by Crippen LogP contribution is 2.46. The lowest BCUT2D eigenvalue weighted by molar-refractivity contribution is -1.14. The topological polar surface area (TPSA) is 162 Å². The number of hydrogen-bond donors (Lipinski definition) is 3. The molecule has 0 saturated carbocycles. The number of nitrogens with zero attached hydrogens (tertiary/aromatic N) is 3. The van der Waals surface area contributed by atoms with Crippen LogP contribution in [0, 0.1) is 0 Å². The third kappa shape index (κ3) is 7.99. The van der Waals surface area contributed by atoms with E-state index in [1.54, 1.807) is 49.5 Å². The van der Waals surface area contributed by atoms with Gasteiger partial charge in [0.25, 0.3) is 5.91 Å². The van der Waals surface area contributed by atoms with Gasteiger partial charge < -0.3 is 19.9 Å². The lowest BCUT2D eigenvalue weighted by Gasteiger charge is -2.56. The molecule has 45 heavy (non-hydrogen) atoms. The Morgan fingerprint density at radius 3 is 2.02 bits per heavy atom. The predicted octanol–water partition coefficient (Wildman–Crippen LogP) is 5.70. The van der Waals surface area contributed by atoms with E-state index in [1.165, 1.54) is 6.20 Å². The number of rotatable bonds is 8. The first-order chi connectivity index (χ1) is 20.7. The van der Waals surface area contributed by atoms with E-state index in [0.29, 0.717) is 41.5 Å². The summed E-state index contributed by atoms with van der Waals surface area (Å²) >= 11 is 0. The SMILES string of the molecule is CC(C)(C)c1cc(NC(=O)Nc2ccc(NC(=O)c3ccc(OC4CC(C)(C)[N+](C)(OS(C)(=O)=O)C(C)(C)C4)cn3)cc2)no1. The van der Waals surface area contributed by atoms with Crippen LogP contribution in [0.3, 0.4) is 0 Å². The molecule has 3 amide bonds. The maximum atomic E-state index is 12.8. The molecule has 4 rings (SSSR count). The van der Waals surface area contributed by atoms with Crippen LogP contribution in [0.5, 0.6) is 5.75 Å². The van der Waals surface area contributed by atoms with Gasteiger partial charge in [0.2, 0.25) is 0 Å². The first-order valence-corrected chi connectivity index (χ1v) is 16.4. The second-order valence-corrected chi connectivity index (χ2v) is 15.3. The van der Waals surface area contributed by atoms with Crippen LogP contribution in [0.2, 0.25) is 0 Å². The van der Waals surface area contributed by atoms with E-state index < -0.39 is 33.1 Å². The first kappa shape index (κ1) is 33.9. The molecule has 1 aliphatic heterocycles. The van der Waals surface area contributed by atoms with Crippen molar-refractivity contribution in [2.24, 2.45) is 0 Å². The number of carbonyl (C=O) groups excluding carboxylic acids is 2. The van der Waals surface area contributed by atoms with Crippen LogP contribution in [-0.4, -0.2) is 65.6 Å². The highest BCUT2D eigenvalue weighted by atomic mass is 32.2. The Bertz CT molecular complexity index is 1620. The number of ether oxygens (including phenoxy) is 1. The van der Waals surface area contributed by atoms with Crippen LogP contribution in [0.25, 0.3) is 0 Å².